The molecule has 0 atom stereocenters. The Labute approximate surface area is 117 Å². The van der Waals surface area contributed by atoms with Gasteiger partial charge in [0.2, 0.25) is 0 Å². The van der Waals surface area contributed by atoms with Crippen molar-refractivity contribution < 1.29 is 19.1 Å². The highest BCUT2D eigenvalue weighted by molar-refractivity contribution is 7.16. The Morgan fingerprint density at radius 1 is 1.37 bits per heavy atom. The number of rotatable bonds is 3. The van der Waals surface area contributed by atoms with Gasteiger partial charge in [0, 0.05) is 4.88 Å². The minimum absolute atomic E-state index is 0.0324. The second-order valence-electron chi connectivity index (χ2n) is 3.85. The molecule has 0 saturated carbocycles. The molecule has 2 rings (SSSR count). The van der Waals surface area contributed by atoms with Crippen molar-refractivity contribution in [2.75, 3.05) is 5.32 Å². The van der Waals surface area contributed by atoms with E-state index in [1.165, 1.54) is 23.5 Å². The summed E-state index contributed by atoms with van der Waals surface area (Å²) in [5.41, 5.74) is 0.749. The quantitative estimate of drug-likeness (QED) is 0.908. The maximum Gasteiger partial charge on any atom is 0.338 e. The summed E-state index contributed by atoms with van der Waals surface area (Å²) in [6.07, 6.45) is 0. The van der Waals surface area contributed by atoms with Crippen LogP contribution < -0.4 is 5.32 Å². The third-order valence-corrected chi connectivity index (χ3v) is 3.95. The summed E-state index contributed by atoms with van der Waals surface area (Å²) in [7, 11) is 0. The molecule has 0 unspecified atom stereocenters. The van der Waals surface area contributed by atoms with Gasteiger partial charge in [0.05, 0.1) is 5.56 Å². The van der Waals surface area contributed by atoms with Gasteiger partial charge in [0.25, 0.3) is 5.91 Å². The lowest BCUT2D eigenvalue weighted by molar-refractivity contribution is 0.0697. The number of carbonyl (C=O) groups excluding carboxylic acids is 1. The second kappa shape index (κ2) is 5.07. The van der Waals surface area contributed by atoms with Crippen LogP contribution in [-0.4, -0.2) is 17.0 Å². The highest BCUT2D eigenvalue weighted by Crippen LogP contribution is 2.32. The van der Waals surface area contributed by atoms with Crippen LogP contribution in [0.5, 0.6) is 0 Å². The first-order chi connectivity index (χ1) is 8.90. The van der Waals surface area contributed by atoms with Crippen LogP contribution in [0.1, 0.15) is 31.4 Å². The molecule has 2 aromatic heterocycles. The fraction of sp³-hybridized carbons (Fsp3) is 0.167. The van der Waals surface area contributed by atoms with E-state index < -0.39 is 11.9 Å². The van der Waals surface area contributed by atoms with Crippen LogP contribution in [0.3, 0.4) is 0 Å². The number of thiophene rings is 1. The number of aromatic carboxylic acids is 1. The summed E-state index contributed by atoms with van der Waals surface area (Å²) >= 11 is 6.79. The molecule has 0 fully saturated rings. The monoisotopic (exact) mass is 299 g/mol. The largest absolute Gasteiger partial charge is 0.478 e. The molecule has 2 aromatic rings. The van der Waals surface area contributed by atoms with Crippen molar-refractivity contribution in [3.8, 4) is 0 Å². The molecule has 100 valence electrons. The maximum absolute atomic E-state index is 11.9. The minimum Gasteiger partial charge on any atom is -0.478 e. The molecule has 0 radical (unpaired) electrons. The fourth-order valence-corrected chi connectivity index (χ4v) is 2.77. The zero-order valence-corrected chi connectivity index (χ0v) is 11.7. The van der Waals surface area contributed by atoms with Crippen LogP contribution in [0.25, 0.3) is 0 Å². The zero-order chi connectivity index (χ0) is 14.2. The van der Waals surface area contributed by atoms with E-state index in [2.05, 4.69) is 5.32 Å². The first-order valence-corrected chi connectivity index (χ1v) is 6.49. The van der Waals surface area contributed by atoms with Gasteiger partial charge < -0.3 is 14.8 Å². The highest BCUT2D eigenvalue weighted by atomic mass is 35.5. The fourth-order valence-electron chi connectivity index (χ4n) is 1.57. The zero-order valence-electron chi connectivity index (χ0n) is 10.1. The number of carbonyl (C=O) groups is 2. The van der Waals surface area contributed by atoms with Gasteiger partial charge in [-0.15, -0.1) is 11.3 Å². The number of nitrogens with one attached hydrogen (secondary N) is 1. The van der Waals surface area contributed by atoms with Crippen molar-refractivity contribution in [1.82, 2.24) is 0 Å². The number of hydrogen-bond acceptors (Lipinski definition) is 4. The van der Waals surface area contributed by atoms with Gasteiger partial charge in [-0.3, -0.25) is 4.79 Å². The number of hydrogen-bond donors (Lipinski definition) is 2. The molecule has 0 bridgehead atoms. The van der Waals surface area contributed by atoms with Crippen LogP contribution >= 0.6 is 22.9 Å². The van der Waals surface area contributed by atoms with Crippen LogP contribution in [0.2, 0.25) is 5.22 Å². The average Bonchev–Trinajstić information content (AvgIpc) is 2.85. The first-order valence-electron chi connectivity index (χ1n) is 5.30. The maximum atomic E-state index is 11.9. The molecular formula is C12H10ClNO4S. The van der Waals surface area contributed by atoms with Crippen molar-refractivity contribution in [2.45, 2.75) is 13.8 Å². The van der Waals surface area contributed by atoms with Crippen LogP contribution in [0.15, 0.2) is 16.5 Å². The minimum atomic E-state index is -1.07. The highest BCUT2D eigenvalue weighted by Gasteiger charge is 2.21. The van der Waals surface area contributed by atoms with Crippen molar-refractivity contribution in [3.05, 3.63) is 39.1 Å². The predicted octanol–water partition coefficient (Wildman–Crippen LogP) is 3.56. The molecule has 0 aromatic carbocycles. The summed E-state index contributed by atoms with van der Waals surface area (Å²) in [5.74, 6) is -1.57. The number of carboxylic acids is 1. The third-order valence-electron chi connectivity index (χ3n) is 2.62. The molecule has 0 saturated heterocycles. The second-order valence-corrected chi connectivity index (χ2v) is 5.45. The molecular weight excluding hydrogens is 290 g/mol. The van der Waals surface area contributed by atoms with Gasteiger partial charge in [-0.05, 0) is 43.1 Å². The van der Waals surface area contributed by atoms with E-state index in [-0.39, 0.29) is 16.5 Å². The van der Waals surface area contributed by atoms with Gasteiger partial charge in [0.15, 0.2) is 11.0 Å². The van der Waals surface area contributed by atoms with Crippen molar-refractivity contribution >= 4 is 39.8 Å². The molecule has 19 heavy (non-hydrogen) atoms. The lowest BCUT2D eigenvalue weighted by Crippen LogP contribution is -2.12. The van der Waals surface area contributed by atoms with Gasteiger partial charge in [0.1, 0.15) is 5.00 Å². The normalized spacial score (nSPS) is 10.5. The summed E-state index contributed by atoms with van der Waals surface area (Å²) < 4.78 is 4.97. The Morgan fingerprint density at radius 2 is 2.05 bits per heavy atom. The van der Waals surface area contributed by atoms with Gasteiger partial charge in [-0.2, -0.15) is 0 Å². The Morgan fingerprint density at radius 3 is 2.58 bits per heavy atom. The SMILES string of the molecule is Cc1sc(NC(=O)c2ccc(Cl)o2)c(C(=O)O)c1C. The van der Waals surface area contributed by atoms with Gasteiger partial charge in [-0.25, -0.2) is 4.79 Å². The number of furan rings is 1. The molecule has 5 nitrogen and oxygen atoms in total. The number of aryl methyl sites for hydroxylation is 1. The number of amides is 1. The summed E-state index contributed by atoms with van der Waals surface area (Å²) in [5, 5.41) is 12.1. The molecule has 0 spiro atoms. The van der Waals surface area contributed by atoms with Crippen molar-refractivity contribution in [3.63, 3.8) is 0 Å². The lowest BCUT2D eigenvalue weighted by Gasteiger charge is -2.02. The van der Waals surface area contributed by atoms with E-state index >= 15 is 0 Å². The summed E-state index contributed by atoms with van der Waals surface area (Å²) in [4.78, 5) is 23.9. The number of halogens is 1. The van der Waals surface area contributed by atoms with Crippen LogP contribution in [0.4, 0.5) is 5.00 Å². The average molecular weight is 300 g/mol. The van der Waals surface area contributed by atoms with Crippen LogP contribution in [0, 0.1) is 13.8 Å². The van der Waals surface area contributed by atoms with Crippen LogP contribution in [-0.2, 0) is 0 Å². The van der Waals surface area contributed by atoms with E-state index in [9.17, 15) is 9.59 Å². The van der Waals surface area contributed by atoms with Crippen molar-refractivity contribution in [2.24, 2.45) is 0 Å². The smallest absolute Gasteiger partial charge is 0.338 e. The molecule has 1 amide bonds. The Hall–Kier alpha value is -1.79. The topological polar surface area (TPSA) is 79.5 Å². The van der Waals surface area contributed by atoms with E-state index in [0.29, 0.717) is 10.6 Å². The Bertz CT molecular complexity index is 659. The summed E-state index contributed by atoms with van der Waals surface area (Å²) in [6.45, 7) is 3.50. The molecule has 2 N–H and O–H groups in total. The van der Waals surface area contributed by atoms with E-state index in [0.717, 1.165) is 4.88 Å². The number of carboxylic acid groups (broad SMARTS) is 1. The molecule has 0 aliphatic rings. The standard InChI is InChI=1S/C12H10ClNO4S/c1-5-6(2)19-11(9(5)12(16)17)14-10(15)7-3-4-8(13)18-7/h3-4H,1-2H3,(H,14,15)(H,16,17). The Balaban J connectivity index is 2.31. The summed E-state index contributed by atoms with van der Waals surface area (Å²) in [6, 6.07) is 2.87. The third kappa shape index (κ3) is 2.64. The predicted molar refractivity (Wildman–Crippen MR) is 72.4 cm³/mol. The molecule has 0 aliphatic carbocycles. The molecule has 7 heteroatoms. The Kier molecular flexibility index (Phi) is 3.64. The molecule has 0 aliphatic heterocycles. The van der Waals surface area contributed by atoms with E-state index in [4.69, 9.17) is 21.1 Å². The van der Waals surface area contributed by atoms with E-state index in [1.54, 1.807) is 13.8 Å². The van der Waals surface area contributed by atoms with Crippen molar-refractivity contribution in [1.29, 1.82) is 0 Å². The first kappa shape index (κ1) is 13.6. The number of anilines is 1. The molecule has 2 heterocycles. The van der Waals surface area contributed by atoms with Gasteiger partial charge >= 0.3 is 5.97 Å². The van der Waals surface area contributed by atoms with Gasteiger partial charge in [-0.1, -0.05) is 0 Å². The van der Waals surface area contributed by atoms with E-state index in [1.807, 2.05) is 0 Å². The lowest BCUT2D eigenvalue weighted by atomic mass is 10.1.